The number of benzene rings is 1. The number of rotatable bonds is 2. The molecule has 88 valence electrons. The maximum Gasteiger partial charge on any atom is 0.0841 e. The van der Waals surface area contributed by atoms with E-state index in [9.17, 15) is 5.11 Å². The molecule has 1 unspecified atom stereocenters. The highest BCUT2D eigenvalue weighted by molar-refractivity contribution is 6.31. The van der Waals surface area contributed by atoms with Gasteiger partial charge in [0.05, 0.1) is 12.2 Å². The van der Waals surface area contributed by atoms with Crippen LogP contribution in [0.3, 0.4) is 0 Å². The van der Waals surface area contributed by atoms with Crippen LogP contribution in [0, 0.1) is 0 Å². The van der Waals surface area contributed by atoms with Crippen molar-refractivity contribution in [3.63, 3.8) is 0 Å². The molecular formula is C13H17ClO2. The van der Waals surface area contributed by atoms with Crippen molar-refractivity contribution < 1.29 is 9.84 Å². The third-order valence-electron chi connectivity index (χ3n) is 3.08. The van der Waals surface area contributed by atoms with Crippen molar-refractivity contribution in [2.45, 2.75) is 31.8 Å². The first kappa shape index (κ1) is 11.9. The SMILES string of the molecule is CC(C)(O)c1ccc(C2CCOC2)c(Cl)c1. The molecule has 0 bridgehead atoms. The van der Waals surface area contributed by atoms with Crippen LogP contribution < -0.4 is 0 Å². The van der Waals surface area contributed by atoms with Crippen LogP contribution in [0.2, 0.25) is 5.02 Å². The van der Waals surface area contributed by atoms with Crippen LogP contribution in [-0.2, 0) is 10.3 Å². The Bertz CT molecular complexity index is 376. The van der Waals surface area contributed by atoms with Crippen LogP contribution in [0.4, 0.5) is 0 Å². The summed E-state index contributed by atoms with van der Waals surface area (Å²) in [5.41, 5.74) is 1.14. The molecule has 1 N–H and O–H groups in total. The molecule has 1 aliphatic rings. The summed E-state index contributed by atoms with van der Waals surface area (Å²) in [4.78, 5) is 0. The summed E-state index contributed by atoms with van der Waals surface area (Å²) >= 11 is 6.25. The quantitative estimate of drug-likeness (QED) is 0.861. The molecule has 1 aromatic carbocycles. The maximum atomic E-state index is 9.89. The van der Waals surface area contributed by atoms with Crippen LogP contribution in [0.1, 0.15) is 37.3 Å². The molecular weight excluding hydrogens is 224 g/mol. The Morgan fingerprint density at radius 3 is 2.69 bits per heavy atom. The van der Waals surface area contributed by atoms with E-state index in [1.165, 1.54) is 0 Å². The average Bonchev–Trinajstić information content (AvgIpc) is 2.69. The van der Waals surface area contributed by atoms with Crippen LogP contribution in [0.25, 0.3) is 0 Å². The van der Waals surface area contributed by atoms with Crippen molar-refractivity contribution in [1.29, 1.82) is 0 Å². The van der Waals surface area contributed by atoms with Crippen LogP contribution >= 0.6 is 11.6 Å². The molecule has 1 fully saturated rings. The first-order valence-corrected chi connectivity index (χ1v) is 5.96. The summed E-state index contributed by atoms with van der Waals surface area (Å²) in [6, 6.07) is 5.81. The van der Waals surface area contributed by atoms with Gasteiger partial charge in [-0.15, -0.1) is 0 Å². The summed E-state index contributed by atoms with van der Waals surface area (Å²) in [6.07, 6.45) is 1.03. The molecule has 3 heteroatoms. The van der Waals surface area contributed by atoms with Gasteiger partial charge in [-0.25, -0.2) is 0 Å². The molecule has 1 saturated heterocycles. The monoisotopic (exact) mass is 240 g/mol. The second-order valence-electron chi connectivity index (χ2n) is 4.86. The molecule has 1 atom stereocenters. The topological polar surface area (TPSA) is 29.5 Å². The Kier molecular flexibility index (Phi) is 3.24. The number of aliphatic hydroxyl groups is 1. The van der Waals surface area contributed by atoms with E-state index >= 15 is 0 Å². The summed E-state index contributed by atoms with van der Waals surface area (Å²) in [5.74, 6) is 0.406. The van der Waals surface area contributed by atoms with Crippen LogP contribution in [0.5, 0.6) is 0 Å². The minimum absolute atomic E-state index is 0.406. The van der Waals surface area contributed by atoms with Crippen LogP contribution in [0.15, 0.2) is 18.2 Å². The lowest BCUT2D eigenvalue weighted by Crippen LogP contribution is -2.15. The lowest BCUT2D eigenvalue weighted by Gasteiger charge is -2.20. The molecule has 2 rings (SSSR count). The molecule has 1 aromatic rings. The molecule has 1 heterocycles. The highest BCUT2D eigenvalue weighted by Crippen LogP contribution is 2.33. The standard InChI is InChI=1S/C13H17ClO2/c1-13(2,15)10-3-4-11(12(14)7-10)9-5-6-16-8-9/h3-4,7,9,15H,5-6,8H2,1-2H3. The van der Waals surface area contributed by atoms with Gasteiger partial charge in [0.25, 0.3) is 0 Å². The first-order chi connectivity index (χ1) is 7.48. The Morgan fingerprint density at radius 2 is 2.19 bits per heavy atom. The summed E-state index contributed by atoms with van der Waals surface area (Å²) in [5, 5.41) is 10.6. The van der Waals surface area contributed by atoms with Gasteiger partial charge in [-0.1, -0.05) is 23.7 Å². The van der Waals surface area contributed by atoms with Crippen molar-refractivity contribution in [3.8, 4) is 0 Å². The van der Waals surface area contributed by atoms with Gasteiger partial charge in [-0.3, -0.25) is 0 Å². The van der Waals surface area contributed by atoms with Gasteiger partial charge >= 0.3 is 0 Å². The van der Waals surface area contributed by atoms with Gasteiger partial charge in [0, 0.05) is 17.5 Å². The Hall–Kier alpha value is -0.570. The molecule has 0 aliphatic carbocycles. The van der Waals surface area contributed by atoms with Gasteiger partial charge in [0.2, 0.25) is 0 Å². The van der Waals surface area contributed by atoms with Crippen molar-refractivity contribution in [2.75, 3.05) is 13.2 Å². The number of hydrogen-bond acceptors (Lipinski definition) is 2. The molecule has 0 amide bonds. The Labute approximate surface area is 101 Å². The Balaban J connectivity index is 2.29. The zero-order valence-electron chi connectivity index (χ0n) is 9.66. The third kappa shape index (κ3) is 2.40. The second-order valence-corrected chi connectivity index (χ2v) is 5.26. The van der Waals surface area contributed by atoms with Crippen molar-refractivity contribution in [2.24, 2.45) is 0 Å². The fourth-order valence-electron chi connectivity index (χ4n) is 2.02. The molecule has 1 aliphatic heterocycles. The molecule has 0 radical (unpaired) electrons. The van der Waals surface area contributed by atoms with E-state index in [-0.39, 0.29) is 0 Å². The number of ether oxygens (including phenoxy) is 1. The van der Waals surface area contributed by atoms with Gasteiger partial charge in [0.15, 0.2) is 0 Å². The van der Waals surface area contributed by atoms with Gasteiger partial charge < -0.3 is 9.84 Å². The van der Waals surface area contributed by atoms with Gasteiger partial charge in [0.1, 0.15) is 0 Å². The van der Waals surface area contributed by atoms with E-state index < -0.39 is 5.60 Å². The van der Waals surface area contributed by atoms with Gasteiger partial charge in [-0.2, -0.15) is 0 Å². The van der Waals surface area contributed by atoms with Crippen molar-refractivity contribution >= 4 is 11.6 Å². The predicted molar refractivity (Wildman–Crippen MR) is 64.9 cm³/mol. The first-order valence-electron chi connectivity index (χ1n) is 5.58. The molecule has 0 spiro atoms. The molecule has 0 saturated carbocycles. The number of hydrogen-bond donors (Lipinski definition) is 1. The minimum Gasteiger partial charge on any atom is -0.386 e. The van der Waals surface area contributed by atoms with Gasteiger partial charge in [-0.05, 0) is 37.5 Å². The average molecular weight is 241 g/mol. The summed E-state index contributed by atoms with van der Waals surface area (Å²) < 4.78 is 5.36. The van der Waals surface area contributed by atoms with Crippen molar-refractivity contribution in [3.05, 3.63) is 34.3 Å². The normalized spacial score (nSPS) is 21.4. The van der Waals surface area contributed by atoms with E-state index in [1.54, 1.807) is 13.8 Å². The second kappa shape index (κ2) is 4.36. The molecule has 2 nitrogen and oxygen atoms in total. The smallest absolute Gasteiger partial charge is 0.0841 e. The van der Waals surface area contributed by atoms with Crippen molar-refractivity contribution in [1.82, 2.24) is 0 Å². The highest BCUT2D eigenvalue weighted by Gasteiger charge is 2.22. The lowest BCUT2D eigenvalue weighted by atomic mass is 9.93. The largest absolute Gasteiger partial charge is 0.386 e. The number of halogens is 1. The zero-order valence-corrected chi connectivity index (χ0v) is 10.4. The minimum atomic E-state index is -0.839. The fourth-order valence-corrected chi connectivity index (χ4v) is 2.35. The predicted octanol–water partition coefficient (Wildman–Crippen LogP) is 3.07. The van der Waals surface area contributed by atoms with E-state index in [2.05, 4.69) is 0 Å². The van der Waals surface area contributed by atoms with E-state index in [0.717, 1.165) is 35.8 Å². The van der Waals surface area contributed by atoms with Crippen LogP contribution in [-0.4, -0.2) is 18.3 Å². The van der Waals surface area contributed by atoms with E-state index in [1.807, 2.05) is 18.2 Å². The van der Waals surface area contributed by atoms with E-state index in [0.29, 0.717) is 5.92 Å². The summed E-state index contributed by atoms with van der Waals surface area (Å²) in [7, 11) is 0. The zero-order chi connectivity index (χ0) is 11.8. The molecule has 16 heavy (non-hydrogen) atoms. The fraction of sp³-hybridized carbons (Fsp3) is 0.538. The lowest BCUT2D eigenvalue weighted by molar-refractivity contribution is 0.0786. The van der Waals surface area contributed by atoms with E-state index in [4.69, 9.17) is 16.3 Å². The summed E-state index contributed by atoms with van der Waals surface area (Å²) in [6.45, 7) is 5.09. The Morgan fingerprint density at radius 1 is 1.44 bits per heavy atom. The third-order valence-corrected chi connectivity index (χ3v) is 3.40. The maximum absolute atomic E-state index is 9.89. The molecule has 0 aromatic heterocycles. The highest BCUT2D eigenvalue weighted by atomic mass is 35.5.